The maximum atomic E-state index is 10.0. The first kappa shape index (κ1) is 16.0. The Morgan fingerprint density at radius 2 is 1.95 bits per heavy atom. The van der Waals surface area contributed by atoms with E-state index in [4.69, 9.17) is 0 Å². The molecule has 112 valence electrons. The number of aliphatic hydroxyl groups excluding tert-OH is 1. The molecule has 2 nitrogen and oxygen atoms in total. The van der Waals surface area contributed by atoms with E-state index in [-0.39, 0.29) is 12.1 Å². The van der Waals surface area contributed by atoms with Gasteiger partial charge in [0.15, 0.2) is 0 Å². The molecule has 20 heavy (non-hydrogen) atoms. The molecular formula is C17H26BrNO. The molecule has 1 saturated carbocycles. The fourth-order valence-electron chi connectivity index (χ4n) is 3.24. The minimum absolute atomic E-state index is 0.149. The van der Waals surface area contributed by atoms with Gasteiger partial charge in [0.05, 0.1) is 12.1 Å². The minimum atomic E-state index is -0.307. The zero-order valence-corrected chi connectivity index (χ0v) is 14.0. The monoisotopic (exact) mass is 339 g/mol. The highest BCUT2D eigenvalue weighted by Gasteiger charge is 2.32. The summed E-state index contributed by atoms with van der Waals surface area (Å²) in [5.74, 6) is 0. The van der Waals surface area contributed by atoms with Gasteiger partial charge in [-0.25, -0.2) is 0 Å². The number of nitrogens with one attached hydrogen (secondary N) is 1. The molecule has 0 saturated heterocycles. The Bertz CT molecular complexity index is 409. The number of halogens is 1. The molecule has 1 atom stereocenters. The first-order valence-corrected chi connectivity index (χ1v) is 8.64. The van der Waals surface area contributed by atoms with Crippen LogP contribution in [0.2, 0.25) is 0 Å². The van der Waals surface area contributed by atoms with Gasteiger partial charge < -0.3 is 10.4 Å². The van der Waals surface area contributed by atoms with E-state index in [0.717, 1.165) is 10.9 Å². The van der Waals surface area contributed by atoms with E-state index < -0.39 is 0 Å². The van der Waals surface area contributed by atoms with Crippen LogP contribution in [0.25, 0.3) is 0 Å². The lowest BCUT2D eigenvalue weighted by Gasteiger charge is -2.37. The van der Waals surface area contributed by atoms with E-state index >= 15 is 0 Å². The van der Waals surface area contributed by atoms with Crippen LogP contribution in [0.5, 0.6) is 0 Å². The third-order valence-corrected chi connectivity index (χ3v) is 5.08. The summed E-state index contributed by atoms with van der Waals surface area (Å²) in [6.07, 6.45) is 8.69. The zero-order valence-electron chi connectivity index (χ0n) is 12.4. The van der Waals surface area contributed by atoms with Crippen molar-refractivity contribution in [2.45, 2.75) is 63.5 Å². The summed E-state index contributed by atoms with van der Waals surface area (Å²) < 4.78 is 1.07. The topological polar surface area (TPSA) is 32.3 Å². The Balaban J connectivity index is 2.19. The third kappa shape index (κ3) is 3.84. The Labute approximate surface area is 131 Å². The van der Waals surface area contributed by atoms with Crippen molar-refractivity contribution in [3.05, 3.63) is 34.3 Å². The average Bonchev–Trinajstić information content (AvgIpc) is 2.73. The van der Waals surface area contributed by atoms with Gasteiger partial charge in [0.25, 0.3) is 0 Å². The van der Waals surface area contributed by atoms with E-state index in [1.54, 1.807) is 0 Å². The summed E-state index contributed by atoms with van der Waals surface area (Å²) in [5, 5.41) is 13.8. The van der Waals surface area contributed by atoms with E-state index in [0.29, 0.717) is 6.04 Å². The largest absolute Gasteiger partial charge is 0.394 e. The van der Waals surface area contributed by atoms with Crippen LogP contribution in [0.1, 0.15) is 57.4 Å². The number of hydrogen-bond acceptors (Lipinski definition) is 2. The maximum absolute atomic E-state index is 10.0. The van der Waals surface area contributed by atoms with E-state index in [9.17, 15) is 5.11 Å². The van der Waals surface area contributed by atoms with Crippen molar-refractivity contribution in [3.63, 3.8) is 0 Å². The SMILES string of the molecule is CCC(CO)(NC1CCCCCC1)c1cccc(Br)c1. The fourth-order valence-corrected chi connectivity index (χ4v) is 3.64. The number of hydrogen-bond donors (Lipinski definition) is 2. The maximum Gasteiger partial charge on any atom is 0.0668 e. The van der Waals surface area contributed by atoms with Crippen LogP contribution >= 0.6 is 15.9 Å². The van der Waals surface area contributed by atoms with Crippen LogP contribution in [0, 0.1) is 0 Å². The number of benzene rings is 1. The highest BCUT2D eigenvalue weighted by Crippen LogP contribution is 2.30. The molecule has 1 aliphatic rings. The molecule has 1 fully saturated rings. The van der Waals surface area contributed by atoms with E-state index in [2.05, 4.69) is 40.3 Å². The van der Waals surface area contributed by atoms with Crippen LogP contribution in [-0.4, -0.2) is 17.8 Å². The average molecular weight is 340 g/mol. The minimum Gasteiger partial charge on any atom is -0.394 e. The lowest BCUT2D eigenvalue weighted by atomic mass is 9.86. The molecule has 0 aromatic heterocycles. The molecule has 1 unspecified atom stereocenters. The van der Waals surface area contributed by atoms with E-state index in [1.165, 1.54) is 44.1 Å². The van der Waals surface area contributed by atoms with Crippen LogP contribution in [0.15, 0.2) is 28.7 Å². The van der Waals surface area contributed by atoms with Crippen molar-refractivity contribution >= 4 is 15.9 Å². The van der Waals surface area contributed by atoms with Crippen molar-refractivity contribution in [2.75, 3.05) is 6.61 Å². The van der Waals surface area contributed by atoms with Crippen molar-refractivity contribution < 1.29 is 5.11 Å². The summed E-state index contributed by atoms with van der Waals surface area (Å²) in [6, 6.07) is 8.86. The van der Waals surface area contributed by atoms with Crippen LogP contribution in [0.3, 0.4) is 0 Å². The highest BCUT2D eigenvalue weighted by atomic mass is 79.9. The molecule has 0 amide bonds. The summed E-state index contributed by atoms with van der Waals surface area (Å²) in [4.78, 5) is 0. The van der Waals surface area contributed by atoms with Crippen molar-refractivity contribution in [1.82, 2.24) is 5.32 Å². The van der Waals surface area contributed by atoms with Gasteiger partial charge in [-0.05, 0) is 37.0 Å². The van der Waals surface area contributed by atoms with Crippen molar-refractivity contribution in [3.8, 4) is 0 Å². The van der Waals surface area contributed by atoms with Gasteiger partial charge in [-0.3, -0.25) is 0 Å². The van der Waals surface area contributed by atoms with Crippen LogP contribution < -0.4 is 5.32 Å². The first-order valence-electron chi connectivity index (χ1n) is 7.85. The molecule has 2 N–H and O–H groups in total. The molecule has 0 radical (unpaired) electrons. The quantitative estimate of drug-likeness (QED) is 0.781. The van der Waals surface area contributed by atoms with Gasteiger partial charge in [0.2, 0.25) is 0 Å². The Kier molecular flexibility index (Phi) is 6.06. The second kappa shape index (κ2) is 7.58. The predicted octanol–water partition coefficient (Wildman–Crippen LogP) is 4.36. The Morgan fingerprint density at radius 3 is 2.50 bits per heavy atom. The first-order chi connectivity index (χ1) is 9.70. The van der Waals surface area contributed by atoms with Gasteiger partial charge in [-0.15, -0.1) is 0 Å². The molecule has 2 rings (SSSR count). The van der Waals surface area contributed by atoms with Gasteiger partial charge in [0, 0.05) is 10.5 Å². The van der Waals surface area contributed by atoms with Crippen molar-refractivity contribution in [1.29, 1.82) is 0 Å². The molecule has 1 aromatic carbocycles. The molecule has 3 heteroatoms. The summed E-state index contributed by atoms with van der Waals surface area (Å²) in [7, 11) is 0. The van der Waals surface area contributed by atoms with Gasteiger partial charge in [-0.1, -0.05) is 60.7 Å². The number of aliphatic hydroxyl groups is 1. The molecule has 0 bridgehead atoms. The normalized spacial score (nSPS) is 20.4. The molecular weight excluding hydrogens is 314 g/mol. The Hall–Kier alpha value is -0.380. The van der Waals surface area contributed by atoms with Gasteiger partial charge in [-0.2, -0.15) is 0 Å². The van der Waals surface area contributed by atoms with Crippen LogP contribution in [0.4, 0.5) is 0 Å². The lowest BCUT2D eigenvalue weighted by Crippen LogP contribution is -2.50. The predicted molar refractivity (Wildman–Crippen MR) is 87.8 cm³/mol. The lowest BCUT2D eigenvalue weighted by molar-refractivity contribution is 0.137. The molecule has 0 aliphatic heterocycles. The molecule has 0 spiro atoms. The van der Waals surface area contributed by atoms with Crippen LogP contribution in [-0.2, 0) is 5.54 Å². The highest BCUT2D eigenvalue weighted by molar-refractivity contribution is 9.10. The Morgan fingerprint density at radius 1 is 1.25 bits per heavy atom. The second-order valence-corrected chi connectivity index (χ2v) is 6.85. The number of rotatable bonds is 5. The summed E-state index contributed by atoms with van der Waals surface area (Å²) in [6.45, 7) is 2.30. The zero-order chi connectivity index (χ0) is 14.4. The van der Waals surface area contributed by atoms with Gasteiger partial charge in [0.1, 0.15) is 0 Å². The molecule has 0 heterocycles. The smallest absolute Gasteiger partial charge is 0.0668 e. The standard InChI is InChI=1S/C17H26BrNO/c1-2-17(13-20,14-8-7-9-15(18)12-14)19-16-10-5-3-4-6-11-16/h7-9,12,16,19-20H,2-6,10-11,13H2,1H3. The van der Waals surface area contributed by atoms with Crippen molar-refractivity contribution in [2.24, 2.45) is 0 Å². The second-order valence-electron chi connectivity index (χ2n) is 5.94. The van der Waals surface area contributed by atoms with Gasteiger partial charge >= 0.3 is 0 Å². The van der Waals surface area contributed by atoms with E-state index in [1.807, 2.05) is 12.1 Å². The molecule has 1 aromatic rings. The summed E-state index contributed by atoms with van der Waals surface area (Å²) in [5.41, 5.74) is 0.875. The molecule has 1 aliphatic carbocycles. The third-order valence-electron chi connectivity index (χ3n) is 4.59. The fraction of sp³-hybridized carbons (Fsp3) is 0.647. The summed E-state index contributed by atoms with van der Waals surface area (Å²) >= 11 is 3.54.